The molecular weight excluding hydrogens is 324 g/mol. The van der Waals surface area contributed by atoms with E-state index in [1.54, 1.807) is 38.3 Å². The minimum Gasteiger partial charge on any atom is -0.502 e. The number of benzene rings is 1. The van der Waals surface area contributed by atoms with E-state index >= 15 is 0 Å². The lowest BCUT2D eigenvalue weighted by molar-refractivity contribution is 0.415. The van der Waals surface area contributed by atoms with Crippen LogP contribution in [0.1, 0.15) is 11.3 Å². The van der Waals surface area contributed by atoms with E-state index < -0.39 is 11.2 Å². The second-order valence-electron chi connectivity index (χ2n) is 5.28. The maximum absolute atomic E-state index is 11.9. The number of hydrogen-bond acceptors (Lipinski definition) is 7. The van der Waals surface area contributed by atoms with Crippen LogP contribution in [0.5, 0.6) is 11.5 Å². The van der Waals surface area contributed by atoms with E-state index in [4.69, 9.17) is 19.3 Å². The zero-order chi connectivity index (χ0) is 18.1. The minimum atomic E-state index is -0.622. The Hall–Kier alpha value is -3.66. The summed E-state index contributed by atoms with van der Waals surface area (Å²) in [5, 5.41) is 19.6. The van der Waals surface area contributed by atoms with Gasteiger partial charge in [-0.3, -0.25) is 4.79 Å². The van der Waals surface area contributed by atoms with Crippen molar-refractivity contribution in [3.63, 3.8) is 0 Å². The number of rotatable bonds is 3. The Labute approximate surface area is 142 Å². The predicted molar refractivity (Wildman–Crippen MR) is 90.2 cm³/mol. The van der Waals surface area contributed by atoms with E-state index in [0.29, 0.717) is 11.3 Å². The Morgan fingerprint density at radius 2 is 1.88 bits per heavy atom. The van der Waals surface area contributed by atoms with Gasteiger partial charge < -0.3 is 24.4 Å². The van der Waals surface area contributed by atoms with Gasteiger partial charge in [0.2, 0.25) is 17.1 Å². The van der Waals surface area contributed by atoms with E-state index in [2.05, 4.69) is 0 Å². The summed E-state index contributed by atoms with van der Waals surface area (Å²) in [4.78, 5) is 11.9. The predicted octanol–water partition coefficient (Wildman–Crippen LogP) is 3.04. The third-order valence-electron chi connectivity index (χ3n) is 3.67. The summed E-state index contributed by atoms with van der Waals surface area (Å²) in [6, 6.07) is 9.89. The lowest BCUT2D eigenvalue weighted by Crippen LogP contribution is -2.01. The molecule has 0 fully saturated rings. The molecule has 0 unspecified atom stereocenters. The third kappa shape index (κ3) is 2.70. The van der Waals surface area contributed by atoms with Gasteiger partial charge in [0.15, 0.2) is 5.76 Å². The molecule has 3 rings (SSSR count). The van der Waals surface area contributed by atoms with Crippen molar-refractivity contribution in [2.45, 2.75) is 6.92 Å². The van der Waals surface area contributed by atoms with Crippen LogP contribution >= 0.6 is 0 Å². The summed E-state index contributed by atoms with van der Waals surface area (Å²) < 4.78 is 16.1. The fourth-order valence-electron chi connectivity index (χ4n) is 2.50. The number of hydrogen-bond donors (Lipinski definition) is 2. The number of nitrogens with zero attached hydrogens (tertiary/aromatic N) is 1. The zero-order valence-electron chi connectivity index (χ0n) is 13.5. The van der Waals surface area contributed by atoms with Crippen molar-refractivity contribution in [2.75, 3.05) is 12.8 Å². The number of nitriles is 1. The van der Waals surface area contributed by atoms with Crippen LogP contribution in [0.3, 0.4) is 0 Å². The fourth-order valence-corrected chi connectivity index (χ4v) is 2.50. The summed E-state index contributed by atoms with van der Waals surface area (Å²) in [5.74, 6) is 0.218. The summed E-state index contributed by atoms with van der Waals surface area (Å²) in [5.41, 5.74) is 5.86. The van der Waals surface area contributed by atoms with Gasteiger partial charge in [0.1, 0.15) is 28.9 Å². The first kappa shape index (κ1) is 16.2. The number of nitrogens with two attached hydrogens (primary N) is 1. The molecule has 0 atom stereocenters. The minimum absolute atomic E-state index is 0.0186. The smallest absolute Gasteiger partial charge is 0.227 e. The fraction of sp³-hybridized carbons (Fsp3) is 0.111. The Kier molecular flexibility index (Phi) is 3.95. The number of ether oxygens (including phenoxy) is 1. The van der Waals surface area contributed by atoms with Crippen molar-refractivity contribution in [3.8, 4) is 40.2 Å². The second kappa shape index (κ2) is 6.09. The van der Waals surface area contributed by atoms with Crippen LogP contribution in [0, 0.1) is 18.3 Å². The third-order valence-corrected chi connectivity index (χ3v) is 3.67. The molecular formula is C18H14N2O5. The van der Waals surface area contributed by atoms with E-state index in [1.807, 2.05) is 6.07 Å². The zero-order valence-corrected chi connectivity index (χ0v) is 13.5. The standard InChI is InChI=1S/C18H14N2O5/c1-9-7-13(21)15(22)17(24-9)14-12(8-19)18(20)25-16(14)10-3-5-11(23-2)6-4-10/h3-7,22H,20H2,1-2H3. The normalized spacial score (nSPS) is 10.4. The van der Waals surface area contributed by atoms with Gasteiger partial charge in [-0.05, 0) is 31.2 Å². The maximum Gasteiger partial charge on any atom is 0.227 e. The molecule has 0 saturated heterocycles. The Morgan fingerprint density at radius 1 is 1.20 bits per heavy atom. The van der Waals surface area contributed by atoms with Gasteiger partial charge in [-0.25, -0.2) is 0 Å². The number of aryl methyl sites for hydroxylation is 1. The van der Waals surface area contributed by atoms with Crippen LogP contribution < -0.4 is 15.9 Å². The quantitative estimate of drug-likeness (QED) is 0.752. The molecule has 0 saturated carbocycles. The molecule has 2 heterocycles. The van der Waals surface area contributed by atoms with Gasteiger partial charge in [-0.15, -0.1) is 0 Å². The number of aromatic hydroxyl groups is 1. The molecule has 0 aliphatic rings. The second-order valence-corrected chi connectivity index (χ2v) is 5.28. The highest BCUT2D eigenvalue weighted by Crippen LogP contribution is 2.43. The molecule has 1 aromatic carbocycles. The monoisotopic (exact) mass is 338 g/mol. The molecule has 0 aliphatic heterocycles. The largest absolute Gasteiger partial charge is 0.502 e. The number of methoxy groups -OCH3 is 1. The Bertz CT molecular complexity index is 1040. The summed E-state index contributed by atoms with van der Waals surface area (Å²) in [6.45, 7) is 1.56. The highest BCUT2D eigenvalue weighted by molar-refractivity contribution is 5.87. The molecule has 0 aliphatic carbocycles. The van der Waals surface area contributed by atoms with Gasteiger partial charge in [0.05, 0.1) is 12.7 Å². The topological polar surface area (TPSA) is 123 Å². The average Bonchev–Trinajstić information content (AvgIpc) is 2.94. The first-order valence-electron chi connectivity index (χ1n) is 7.27. The molecule has 3 aromatic rings. The number of furan rings is 1. The summed E-state index contributed by atoms with van der Waals surface area (Å²) in [6.07, 6.45) is 0. The van der Waals surface area contributed by atoms with E-state index in [0.717, 1.165) is 6.07 Å². The van der Waals surface area contributed by atoms with Gasteiger partial charge in [-0.1, -0.05) is 0 Å². The van der Waals surface area contributed by atoms with Gasteiger partial charge >= 0.3 is 0 Å². The molecule has 0 amide bonds. The van der Waals surface area contributed by atoms with Crippen LogP contribution in [0.4, 0.5) is 5.88 Å². The van der Waals surface area contributed by atoms with Gasteiger partial charge in [0.25, 0.3) is 0 Å². The molecule has 0 bridgehead atoms. The Morgan fingerprint density at radius 3 is 2.48 bits per heavy atom. The molecule has 25 heavy (non-hydrogen) atoms. The SMILES string of the molecule is COc1ccc(-c2oc(N)c(C#N)c2-c2oc(C)cc(=O)c2O)cc1. The molecule has 0 radical (unpaired) electrons. The van der Waals surface area contributed by atoms with Crippen LogP contribution in [-0.4, -0.2) is 12.2 Å². The van der Waals surface area contributed by atoms with Crippen molar-refractivity contribution in [2.24, 2.45) is 0 Å². The first-order chi connectivity index (χ1) is 12.0. The lowest BCUT2D eigenvalue weighted by atomic mass is 10.0. The highest BCUT2D eigenvalue weighted by atomic mass is 16.5. The number of anilines is 1. The van der Waals surface area contributed by atoms with Crippen molar-refractivity contribution in [1.82, 2.24) is 0 Å². The lowest BCUT2D eigenvalue weighted by Gasteiger charge is -2.06. The number of nitrogen functional groups attached to an aromatic ring is 1. The molecule has 0 spiro atoms. The van der Waals surface area contributed by atoms with Crippen LogP contribution in [0.25, 0.3) is 22.6 Å². The van der Waals surface area contributed by atoms with Gasteiger partial charge in [-0.2, -0.15) is 5.26 Å². The van der Waals surface area contributed by atoms with Crippen LogP contribution in [0.15, 0.2) is 44.0 Å². The van der Waals surface area contributed by atoms with E-state index in [1.165, 1.54) is 0 Å². The van der Waals surface area contributed by atoms with E-state index in [-0.39, 0.29) is 34.3 Å². The van der Waals surface area contributed by atoms with Gasteiger partial charge in [0, 0.05) is 11.6 Å². The summed E-state index contributed by atoms with van der Waals surface area (Å²) >= 11 is 0. The van der Waals surface area contributed by atoms with Crippen LogP contribution in [-0.2, 0) is 0 Å². The summed E-state index contributed by atoms with van der Waals surface area (Å²) in [7, 11) is 1.54. The van der Waals surface area contributed by atoms with Crippen molar-refractivity contribution >= 4 is 5.88 Å². The Balaban J connectivity index is 2.33. The molecule has 2 aromatic heterocycles. The van der Waals surface area contributed by atoms with Crippen LogP contribution in [0.2, 0.25) is 0 Å². The maximum atomic E-state index is 11.9. The highest BCUT2D eigenvalue weighted by Gasteiger charge is 2.27. The average molecular weight is 338 g/mol. The van der Waals surface area contributed by atoms with E-state index in [9.17, 15) is 15.2 Å². The van der Waals surface area contributed by atoms with Crippen molar-refractivity contribution in [3.05, 3.63) is 51.9 Å². The molecule has 126 valence electrons. The van der Waals surface area contributed by atoms with Crippen molar-refractivity contribution < 1.29 is 18.7 Å². The first-order valence-corrected chi connectivity index (χ1v) is 7.27. The molecule has 7 heteroatoms. The van der Waals surface area contributed by atoms with Crippen molar-refractivity contribution in [1.29, 1.82) is 5.26 Å². The molecule has 3 N–H and O–H groups in total. The molecule has 7 nitrogen and oxygen atoms in total.